The van der Waals surface area contributed by atoms with Crippen molar-refractivity contribution in [3.8, 4) is 0 Å². The monoisotopic (exact) mass is 247 g/mol. The zero-order valence-electron chi connectivity index (χ0n) is 11.8. The van der Waals surface area contributed by atoms with Gasteiger partial charge in [0.2, 0.25) is 0 Å². The molecule has 2 heterocycles. The summed E-state index contributed by atoms with van der Waals surface area (Å²) in [7, 11) is 0. The molecule has 0 atom stereocenters. The van der Waals surface area contributed by atoms with Crippen LogP contribution in [0.15, 0.2) is 18.3 Å². The first kappa shape index (κ1) is 13.3. The van der Waals surface area contributed by atoms with Crippen LogP contribution in [-0.2, 0) is 6.54 Å². The molecule has 1 aromatic heterocycles. The quantitative estimate of drug-likeness (QED) is 0.874. The lowest BCUT2D eigenvalue weighted by atomic mass is 9.75. The van der Waals surface area contributed by atoms with Crippen molar-refractivity contribution in [3.63, 3.8) is 0 Å². The van der Waals surface area contributed by atoms with Crippen molar-refractivity contribution in [2.75, 3.05) is 18.0 Å². The summed E-state index contributed by atoms with van der Waals surface area (Å²) in [5, 5.41) is 0. The van der Waals surface area contributed by atoms with Gasteiger partial charge in [0.25, 0.3) is 0 Å². The molecule has 0 spiro atoms. The Morgan fingerprint density at radius 1 is 1.33 bits per heavy atom. The van der Waals surface area contributed by atoms with Crippen LogP contribution in [0, 0.1) is 11.3 Å². The molecule has 100 valence electrons. The Kier molecular flexibility index (Phi) is 3.91. The van der Waals surface area contributed by atoms with Gasteiger partial charge in [-0.15, -0.1) is 0 Å². The lowest BCUT2D eigenvalue weighted by Gasteiger charge is -2.39. The van der Waals surface area contributed by atoms with Crippen LogP contribution in [0.3, 0.4) is 0 Å². The minimum Gasteiger partial charge on any atom is -0.356 e. The van der Waals surface area contributed by atoms with E-state index >= 15 is 0 Å². The highest BCUT2D eigenvalue weighted by Crippen LogP contribution is 2.35. The maximum absolute atomic E-state index is 5.79. The largest absolute Gasteiger partial charge is 0.356 e. The van der Waals surface area contributed by atoms with Gasteiger partial charge < -0.3 is 10.6 Å². The van der Waals surface area contributed by atoms with Crippen LogP contribution in [0.1, 0.15) is 39.2 Å². The molecule has 1 saturated heterocycles. The van der Waals surface area contributed by atoms with Crippen molar-refractivity contribution in [2.45, 2.75) is 40.2 Å². The van der Waals surface area contributed by atoms with Crippen molar-refractivity contribution in [1.82, 2.24) is 4.98 Å². The third-order valence-corrected chi connectivity index (χ3v) is 4.11. The van der Waals surface area contributed by atoms with Crippen LogP contribution in [0.2, 0.25) is 0 Å². The average molecular weight is 247 g/mol. The fraction of sp³-hybridized carbons (Fsp3) is 0.667. The van der Waals surface area contributed by atoms with Gasteiger partial charge in [-0.05, 0) is 30.2 Å². The molecule has 0 unspecified atom stereocenters. The van der Waals surface area contributed by atoms with Crippen molar-refractivity contribution in [1.29, 1.82) is 0 Å². The zero-order valence-corrected chi connectivity index (χ0v) is 11.8. The van der Waals surface area contributed by atoms with E-state index in [1.807, 2.05) is 12.3 Å². The Balaban J connectivity index is 2.06. The van der Waals surface area contributed by atoms with E-state index in [9.17, 15) is 0 Å². The van der Waals surface area contributed by atoms with Gasteiger partial charge in [0, 0.05) is 31.4 Å². The molecule has 0 amide bonds. The molecule has 1 aliphatic rings. The number of aromatic nitrogens is 1. The molecule has 0 aromatic carbocycles. The Morgan fingerprint density at radius 2 is 2.00 bits per heavy atom. The van der Waals surface area contributed by atoms with Crippen molar-refractivity contribution < 1.29 is 0 Å². The van der Waals surface area contributed by atoms with Gasteiger partial charge in [-0.1, -0.05) is 26.8 Å². The SMILES string of the molecule is CC(C)(C)C1CCN(c2ncccc2CN)CC1. The molecule has 1 aromatic rings. The predicted molar refractivity (Wildman–Crippen MR) is 76.5 cm³/mol. The summed E-state index contributed by atoms with van der Waals surface area (Å²) in [4.78, 5) is 6.90. The second-order valence-electron chi connectivity index (χ2n) is 6.32. The molecule has 3 nitrogen and oxygen atoms in total. The van der Waals surface area contributed by atoms with Crippen LogP contribution < -0.4 is 10.6 Å². The third kappa shape index (κ3) is 2.83. The van der Waals surface area contributed by atoms with E-state index in [4.69, 9.17) is 5.73 Å². The summed E-state index contributed by atoms with van der Waals surface area (Å²) >= 11 is 0. The molecule has 2 N–H and O–H groups in total. The minimum atomic E-state index is 0.424. The lowest BCUT2D eigenvalue weighted by molar-refractivity contribution is 0.198. The van der Waals surface area contributed by atoms with E-state index in [1.165, 1.54) is 12.8 Å². The fourth-order valence-electron chi connectivity index (χ4n) is 2.83. The number of anilines is 1. The van der Waals surface area contributed by atoms with Crippen LogP contribution in [-0.4, -0.2) is 18.1 Å². The number of nitrogens with two attached hydrogens (primary N) is 1. The second kappa shape index (κ2) is 5.27. The van der Waals surface area contributed by atoms with E-state index in [0.717, 1.165) is 30.4 Å². The number of pyridine rings is 1. The lowest BCUT2D eigenvalue weighted by Crippen LogP contribution is -2.39. The molecule has 0 radical (unpaired) electrons. The molecule has 0 aliphatic carbocycles. The molecule has 0 bridgehead atoms. The Hall–Kier alpha value is -1.09. The molecule has 18 heavy (non-hydrogen) atoms. The van der Waals surface area contributed by atoms with Gasteiger partial charge in [0.05, 0.1) is 0 Å². The summed E-state index contributed by atoms with van der Waals surface area (Å²) in [6.07, 6.45) is 4.37. The van der Waals surface area contributed by atoms with Gasteiger partial charge in [0.15, 0.2) is 0 Å². The highest BCUT2D eigenvalue weighted by molar-refractivity contribution is 5.46. The summed E-state index contributed by atoms with van der Waals surface area (Å²) in [5.41, 5.74) is 7.37. The molecular formula is C15H25N3. The molecule has 0 saturated carbocycles. The molecule has 1 aliphatic heterocycles. The van der Waals surface area contributed by atoms with Crippen LogP contribution in [0.5, 0.6) is 0 Å². The van der Waals surface area contributed by atoms with Gasteiger partial charge in [0.1, 0.15) is 5.82 Å². The maximum atomic E-state index is 5.79. The highest BCUT2D eigenvalue weighted by atomic mass is 15.2. The summed E-state index contributed by atoms with van der Waals surface area (Å²) in [6, 6.07) is 4.05. The normalized spacial score (nSPS) is 18.1. The van der Waals surface area contributed by atoms with Crippen LogP contribution >= 0.6 is 0 Å². The van der Waals surface area contributed by atoms with Gasteiger partial charge >= 0.3 is 0 Å². The van der Waals surface area contributed by atoms with Gasteiger partial charge in [-0.25, -0.2) is 4.98 Å². The summed E-state index contributed by atoms with van der Waals surface area (Å²) in [6.45, 7) is 9.82. The number of rotatable bonds is 2. The first-order valence-electron chi connectivity index (χ1n) is 6.91. The van der Waals surface area contributed by atoms with Gasteiger partial charge in [-0.2, -0.15) is 0 Å². The van der Waals surface area contributed by atoms with Crippen molar-refractivity contribution in [3.05, 3.63) is 23.9 Å². The number of piperidine rings is 1. The number of hydrogen-bond acceptors (Lipinski definition) is 3. The zero-order chi connectivity index (χ0) is 13.2. The maximum Gasteiger partial charge on any atom is 0.132 e. The smallest absolute Gasteiger partial charge is 0.132 e. The Labute approximate surface area is 110 Å². The first-order chi connectivity index (χ1) is 8.52. The van der Waals surface area contributed by atoms with E-state index in [-0.39, 0.29) is 0 Å². The Bertz CT molecular complexity index is 387. The first-order valence-corrected chi connectivity index (χ1v) is 6.91. The summed E-state index contributed by atoms with van der Waals surface area (Å²) < 4.78 is 0. The minimum absolute atomic E-state index is 0.424. The number of hydrogen-bond donors (Lipinski definition) is 1. The van der Waals surface area contributed by atoms with E-state index < -0.39 is 0 Å². The molecule has 3 heteroatoms. The standard InChI is InChI=1S/C15H25N3/c1-15(2,3)13-6-9-18(10-7-13)14-12(11-16)5-4-8-17-14/h4-5,8,13H,6-7,9-11,16H2,1-3H3. The summed E-state index contributed by atoms with van der Waals surface area (Å²) in [5.74, 6) is 1.91. The van der Waals surface area contributed by atoms with E-state index in [2.05, 4.69) is 36.7 Å². The number of nitrogens with zero attached hydrogens (tertiary/aromatic N) is 2. The third-order valence-electron chi connectivity index (χ3n) is 4.11. The second-order valence-corrected chi connectivity index (χ2v) is 6.32. The topological polar surface area (TPSA) is 42.2 Å². The van der Waals surface area contributed by atoms with Crippen LogP contribution in [0.4, 0.5) is 5.82 Å². The average Bonchev–Trinajstić information content (AvgIpc) is 2.38. The molecular weight excluding hydrogens is 222 g/mol. The Morgan fingerprint density at radius 3 is 2.56 bits per heavy atom. The highest BCUT2D eigenvalue weighted by Gasteiger charge is 2.29. The molecule has 1 fully saturated rings. The van der Waals surface area contributed by atoms with Crippen molar-refractivity contribution >= 4 is 5.82 Å². The van der Waals surface area contributed by atoms with Gasteiger partial charge in [-0.3, -0.25) is 0 Å². The van der Waals surface area contributed by atoms with Crippen molar-refractivity contribution in [2.24, 2.45) is 17.1 Å². The van der Waals surface area contributed by atoms with E-state index in [0.29, 0.717) is 12.0 Å². The fourth-order valence-corrected chi connectivity index (χ4v) is 2.83. The van der Waals surface area contributed by atoms with Crippen LogP contribution in [0.25, 0.3) is 0 Å². The molecule has 2 rings (SSSR count). The van der Waals surface area contributed by atoms with E-state index in [1.54, 1.807) is 0 Å². The predicted octanol–water partition coefficient (Wildman–Crippen LogP) is 2.80.